The van der Waals surface area contributed by atoms with Gasteiger partial charge in [0.05, 0.1) is 35.9 Å². The normalized spacial score (nSPS) is 11.8. The molecular weight excluding hydrogens is 364 g/mol. The molecule has 0 saturated carbocycles. The van der Waals surface area contributed by atoms with Crippen LogP contribution in [0.4, 0.5) is 0 Å². The molecule has 0 spiro atoms. The summed E-state index contributed by atoms with van der Waals surface area (Å²) in [4.78, 5) is 23.8. The van der Waals surface area contributed by atoms with Crippen molar-refractivity contribution in [3.63, 3.8) is 0 Å². The fourth-order valence-electron chi connectivity index (χ4n) is 2.78. The number of nitrogens with one attached hydrogen (secondary N) is 2. The lowest BCUT2D eigenvalue weighted by atomic mass is 10.1. The van der Waals surface area contributed by atoms with E-state index in [9.17, 15) is 13.2 Å². The second-order valence-corrected chi connectivity index (χ2v) is 8.35. The summed E-state index contributed by atoms with van der Waals surface area (Å²) in [6.45, 7) is 2.15. The molecule has 0 unspecified atom stereocenters. The van der Waals surface area contributed by atoms with Crippen LogP contribution in [0.2, 0.25) is 0 Å². The fourth-order valence-corrected chi connectivity index (χ4v) is 3.19. The standard InChI is InChI=1S/C19H22N4O3S/c1-3-4-16(24)10-19-22-17-8-6-13(9-18(17)23-19)14-5-7-15(20-11-14)12-21-27(2,25)26/h5-9,11,21H,3-4,10,12H2,1-2H3,(H,22,23). The Morgan fingerprint density at radius 1 is 1.19 bits per heavy atom. The van der Waals surface area contributed by atoms with Crippen LogP contribution in [-0.2, 0) is 27.8 Å². The van der Waals surface area contributed by atoms with E-state index in [2.05, 4.69) is 19.7 Å². The van der Waals surface area contributed by atoms with Crippen LogP contribution in [0, 0.1) is 0 Å². The van der Waals surface area contributed by atoms with Gasteiger partial charge in [0.1, 0.15) is 11.6 Å². The SMILES string of the molecule is CCCC(=O)Cc1nc2ccc(-c3ccc(CNS(C)(=O)=O)nc3)cc2[nH]1. The van der Waals surface area contributed by atoms with E-state index in [4.69, 9.17) is 0 Å². The van der Waals surface area contributed by atoms with Gasteiger partial charge in [-0.15, -0.1) is 0 Å². The number of nitrogens with zero attached hydrogens (tertiary/aromatic N) is 2. The molecule has 0 atom stereocenters. The summed E-state index contributed by atoms with van der Waals surface area (Å²) in [5.41, 5.74) is 4.21. The van der Waals surface area contributed by atoms with Crippen LogP contribution < -0.4 is 4.72 Å². The van der Waals surface area contributed by atoms with Crippen LogP contribution in [0.15, 0.2) is 36.5 Å². The van der Waals surface area contributed by atoms with Gasteiger partial charge >= 0.3 is 0 Å². The van der Waals surface area contributed by atoms with Gasteiger partial charge < -0.3 is 4.98 Å². The Balaban J connectivity index is 1.77. The number of aromatic amines is 1. The minimum atomic E-state index is -3.24. The number of hydrogen-bond acceptors (Lipinski definition) is 5. The Morgan fingerprint density at radius 2 is 1.96 bits per heavy atom. The number of aromatic nitrogens is 3. The maximum atomic E-state index is 11.8. The van der Waals surface area contributed by atoms with Crippen molar-refractivity contribution in [2.75, 3.05) is 6.26 Å². The molecule has 7 nitrogen and oxygen atoms in total. The summed E-state index contributed by atoms with van der Waals surface area (Å²) < 4.78 is 24.7. The minimum absolute atomic E-state index is 0.161. The van der Waals surface area contributed by atoms with Gasteiger partial charge in [0.25, 0.3) is 0 Å². The average molecular weight is 386 g/mol. The monoisotopic (exact) mass is 386 g/mol. The molecule has 0 radical (unpaired) electrons. The lowest BCUT2D eigenvalue weighted by Gasteiger charge is -2.04. The van der Waals surface area contributed by atoms with Crippen LogP contribution in [0.25, 0.3) is 22.2 Å². The summed E-state index contributed by atoms with van der Waals surface area (Å²) in [6, 6.07) is 9.52. The zero-order valence-corrected chi connectivity index (χ0v) is 16.1. The third-order valence-corrected chi connectivity index (χ3v) is 4.77. The Bertz CT molecular complexity index is 1060. The number of H-pyrrole nitrogens is 1. The van der Waals surface area contributed by atoms with Crippen molar-refractivity contribution in [1.82, 2.24) is 19.7 Å². The molecule has 0 aliphatic heterocycles. The van der Waals surface area contributed by atoms with E-state index in [1.807, 2.05) is 31.2 Å². The van der Waals surface area contributed by atoms with E-state index < -0.39 is 10.0 Å². The molecule has 0 amide bonds. The highest BCUT2D eigenvalue weighted by Crippen LogP contribution is 2.23. The Morgan fingerprint density at radius 3 is 2.63 bits per heavy atom. The summed E-state index contributed by atoms with van der Waals surface area (Å²) in [6.07, 6.45) is 4.55. The molecule has 2 heterocycles. The number of sulfonamides is 1. The van der Waals surface area contributed by atoms with E-state index in [1.54, 1.807) is 12.3 Å². The number of imidazole rings is 1. The number of carbonyl (C=O) groups excluding carboxylic acids is 1. The van der Waals surface area contributed by atoms with E-state index in [0.29, 0.717) is 24.4 Å². The van der Waals surface area contributed by atoms with Gasteiger partial charge in [-0.3, -0.25) is 9.78 Å². The summed E-state index contributed by atoms with van der Waals surface area (Å²) in [7, 11) is -3.24. The van der Waals surface area contributed by atoms with Gasteiger partial charge in [0, 0.05) is 18.2 Å². The first-order valence-corrected chi connectivity index (χ1v) is 10.6. The predicted octanol–water partition coefficient (Wildman–Crippen LogP) is 2.59. The quantitative estimate of drug-likeness (QED) is 0.619. The molecule has 2 N–H and O–H groups in total. The molecule has 142 valence electrons. The Hall–Kier alpha value is -2.58. The van der Waals surface area contributed by atoms with Crippen molar-refractivity contribution < 1.29 is 13.2 Å². The van der Waals surface area contributed by atoms with E-state index in [-0.39, 0.29) is 12.3 Å². The van der Waals surface area contributed by atoms with Crippen molar-refractivity contribution in [3.8, 4) is 11.1 Å². The molecule has 3 rings (SSSR count). The smallest absolute Gasteiger partial charge is 0.209 e. The third kappa shape index (κ3) is 5.21. The van der Waals surface area contributed by atoms with Crippen molar-refractivity contribution in [3.05, 3.63) is 48.0 Å². The molecule has 0 saturated heterocycles. The zero-order chi connectivity index (χ0) is 19.4. The first kappa shape index (κ1) is 19.2. The maximum absolute atomic E-state index is 11.8. The van der Waals surface area contributed by atoms with Gasteiger partial charge in [-0.25, -0.2) is 18.1 Å². The largest absolute Gasteiger partial charge is 0.342 e. The Kier molecular flexibility index (Phi) is 5.67. The van der Waals surface area contributed by atoms with Crippen LogP contribution in [-0.4, -0.2) is 35.4 Å². The first-order chi connectivity index (χ1) is 12.8. The summed E-state index contributed by atoms with van der Waals surface area (Å²) >= 11 is 0. The third-order valence-electron chi connectivity index (χ3n) is 4.10. The van der Waals surface area contributed by atoms with Gasteiger partial charge in [-0.05, 0) is 30.2 Å². The number of Topliss-reactive ketones (excluding diaryl/α,β-unsaturated/α-hetero) is 1. The highest BCUT2D eigenvalue weighted by molar-refractivity contribution is 7.88. The predicted molar refractivity (Wildman–Crippen MR) is 105 cm³/mol. The molecule has 8 heteroatoms. The maximum Gasteiger partial charge on any atom is 0.209 e. The van der Waals surface area contributed by atoms with Crippen LogP contribution in [0.1, 0.15) is 31.3 Å². The topological polar surface area (TPSA) is 105 Å². The molecule has 2 aromatic heterocycles. The molecular formula is C19H22N4O3S. The molecule has 0 aliphatic carbocycles. The minimum Gasteiger partial charge on any atom is -0.342 e. The molecule has 27 heavy (non-hydrogen) atoms. The van der Waals surface area contributed by atoms with E-state index >= 15 is 0 Å². The van der Waals surface area contributed by atoms with Crippen LogP contribution in [0.5, 0.6) is 0 Å². The first-order valence-electron chi connectivity index (χ1n) is 8.74. The van der Waals surface area contributed by atoms with Crippen molar-refractivity contribution in [2.24, 2.45) is 0 Å². The average Bonchev–Trinajstić information content (AvgIpc) is 3.01. The lowest BCUT2D eigenvalue weighted by Crippen LogP contribution is -2.21. The number of ketones is 1. The van der Waals surface area contributed by atoms with E-state index in [0.717, 1.165) is 34.8 Å². The van der Waals surface area contributed by atoms with Crippen molar-refractivity contribution in [2.45, 2.75) is 32.7 Å². The molecule has 1 aromatic carbocycles. The second kappa shape index (κ2) is 7.98. The fraction of sp³-hybridized carbons (Fsp3) is 0.316. The van der Waals surface area contributed by atoms with Crippen molar-refractivity contribution >= 4 is 26.8 Å². The van der Waals surface area contributed by atoms with Gasteiger partial charge in [0.15, 0.2) is 0 Å². The lowest BCUT2D eigenvalue weighted by molar-refractivity contribution is -0.118. The van der Waals surface area contributed by atoms with Crippen molar-refractivity contribution in [1.29, 1.82) is 0 Å². The number of rotatable bonds is 8. The van der Waals surface area contributed by atoms with E-state index in [1.165, 1.54) is 0 Å². The highest BCUT2D eigenvalue weighted by atomic mass is 32.2. The highest BCUT2D eigenvalue weighted by Gasteiger charge is 2.09. The van der Waals surface area contributed by atoms with Gasteiger partial charge in [-0.2, -0.15) is 0 Å². The molecule has 0 aliphatic rings. The summed E-state index contributed by atoms with van der Waals surface area (Å²) in [5, 5.41) is 0. The van der Waals surface area contributed by atoms with Crippen LogP contribution >= 0.6 is 0 Å². The zero-order valence-electron chi connectivity index (χ0n) is 15.3. The summed E-state index contributed by atoms with van der Waals surface area (Å²) in [5.74, 6) is 0.861. The number of fused-ring (bicyclic) bond motifs is 1. The molecule has 0 fully saturated rings. The van der Waals surface area contributed by atoms with Crippen LogP contribution in [0.3, 0.4) is 0 Å². The van der Waals surface area contributed by atoms with Gasteiger partial charge in [-0.1, -0.05) is 19.1 Å². The van der Waals surface area contributed by atoms with Gasteiger partial charge in [0.2, 0.25) is 10.0 Å². The molecule has 3 aromatic rings. The number of carbonyl (C=O) groups is 1. The number of pyridine rings is 1. The molecule has 0 bridgehead atoms. The second-order valence-electron chi connectivity index (χ2n) is 6.51. The Labute approximate surface area is 158 Å². The number of benzene rings is 1. The number of hydrogen-bond donors (Lipinski definition) is 2.